The van der Waals surface area contributed by atoms with Gasteiger partial charge in [-0.15, -0.1) is 0 Å². The number of benzene rings is 1. The lowest BCUT2D eigenvalue weighted by atomic mass is 10.1. The van der Waals surface area contributed by atoms with Gasteiger partial charge in [0.25, 0.3) is 5.91 Å². The van der Waals surface area contributed by atoms with Crippen molar-refractivity contribution in [3.8, 4) is 11.8 Å². The van der Waals surface area contributed by atoms with Crippen LogP contribution in [0.15, 0.2) is 24.3 Å². The normalized spacial score (nSPS) is 10.9. The van der Waals surface area contributed by atoms with Crippen LogP contribution in [-0.2, 0) is 9.59 Å². The Kier molecular flexibility index (Phi) is 4.56. The van der Waals surface area contributed by atoms with E-state index in [-0.39, 0.29) is 5.02 Å². The Morgan fingerprint density at radius 3 is 2.59 bits per heavy atom. The topological polar surface area (TPSA) is 66.4 Å². The Bertz CT molecular complexity index is 502. The maximum Gasteiger partial charge on any atom is 0.330 e. The lowest BCUT2D eigenvalue weighted by molar-refractivity contribution is -0.141. The molecule has 5 heteroatoms. The van der Waals surface area contributed by atoms with Gasteiger partial charge in [-0.2, -0.15) is 0 Å². The molecule has 0 aromatic heterocycles. The molecule has 0 saturated heterocycles. The van der Waals surface area contributed by atoms with Crippen molar-refractivity contribution in [1.29, 1.82) is 0 Å². The van der Waals surface area contributed by atoms with Gasteiger partial charge < -0.3 is 10.4 Å². The fraction of sp³-hybridized carbons (Fsp3) is 0.167. The molecule has 88 valence electrons. The van der Waals surface area contributed by atoms with Crippen LogP contribution in [0.25, 0.3) is 0 Å². The zero-order valence-corrected chi connectivity index (χ0v) is 9.78. The first-order chi connectivity index (χ1) is 8.06. The molecule has 0 aliphatic carbocycles. The van der Waals surface area contributed by atoms with Gasteiger partial charge in [-0.3, -0.25) is 4.79 Å². The van der Waals surface area contributed by atoms with Gasteiger partial charge in [-0.25, -0.2) is 4.79 Å². The fourth-order valence-electron chi connectivity index (χ4n) is 1.26. The molecule has 0 saturated carbocycles. The molecule has 0 radical (unpaired) electrons. The monoisotopic (exact) mass is 251 g/mol. The maximum absolute atomic E-state index is 11.3. The number of aliphatic carboxylic acids is 1. The highest BCUT2D eigenvalue weighted by Gasteiger charge is 2.23. The number of carboxylic acids is 1. The summed E-state index contributed by atoms with van der Waals surface area (Å²) in [6.45, 7) is 1.49. The second-order valence-corrected chi connectivity index (χ2v) is 3.55. The summed E-state index contributed by atoms with van der Waals surface area (Å²) in [5, 5.41) is 11.6. The molecule has 1 aromatic rings. The summed E-state index contributed by atoms with van der Waals surface area (Å²) in [6, 6.07) is 5.23. The average Bonchev–Trinajstić information content (AvgIpc) is 2.27. The first-order valence-electron chi connectivity index (χ1n) is 4.76. The number of carboxylic acid groups (broad SMARTS) is 1. The van der Waals surface area contributed by atoms with Crippen molar-refractivity contribution in [1.82, 2.24) is 5.32 Å². The van der Waals surface area contributed by atoms with Gasteiger partial charge in [0.2, 0.25) is 0 Å². The standard InChI is InChI=1S/C12H10ClNO3/c1-2-5-10(15)14-11(12(16)17)8-6-3-4-7-9(8)13/h3-4,6-7,11H,1H3,(H,14,15)(H,16,17)/t11-/m1/s1. The van der Waals surface area contributed by atoms with E-state index in [1.165, 1.54) is 6.92 Å². The number of carbonyl (C=O) groups excluding carboxylic acids is 1. The van der Waals surface area contributed by atoms with Gasteiger partial charge in [0.15, 0.2) is 6.04 Å². The number of hydrogen-bond donors (Lipinski definition) is 2. The molecule has 0 aliphatic heterocycles. The highest BCUT2D eigenvalue weighted by molar-refractivity contribution is 6.31. The van der Waals surface area contributed by atoms with E-state index in [1.54, 1.807) is 24.3 Å². The first kappa shape index (κ1) is 13.1. The Morgan fingerprint density at radius 1 is 1.41 bits per heavy atom. The van der Waals surface area contributed by atoms with E-state index in [2.05, 4.69) is 17.2 Å². The molecule has 1 atom stereocenters. The van der Waals surface area contributed by atoms with E-state index in [0.717, 1.165) is 0 Å². The van der Waals surface area contributed by atoms with E-state index in [1.807, 2.05) is 0 Å². The quantitative estimate of drug-likeness (QED) is 0.802. The van der Waals surface area contributed by atoms with E-state index in [9.17, 15) is 9.59 Å². The molecule has 0 spiro atoms. The van der Waals surface area contributed by atoms with Crippen molar-refractivity contribution in [2.75, 3.05) is 0 Å². The van der Waals surface area contributed by atoms with Crippen LogP contribution in [0, 0.1) is 11.8 Å². The first-order valence-corrected chi connectivity index (χ1v) is 5.14. The minimum absolute atomic E-state index is 0.282. The molecule has 0 heterocycles. The zero-order valence-electron chi connectivity index (χ0n) is 9.03. The van der Waals surface area contributed by atoms with Gasteiger partial charge in [-0.05, 0) is 18.9 Å². The molecule has 1 amide bonds. The smallest absolute Gasteiger partial charge is 0.330 e. The van der Waals surface area contributed by atoms with Crippen molar-refractivity contribution < 1.29 is 14.7 Å². The van der Waals surface area contributed by atoms with Crippen LogP contribution >= 0.6 is 11.6 Å². The molecule has 17 heavy (non-hydrogen) atoms. The third kappa shape index (κ3) is 3.51. The lowest BCUT2D eigenvalue weighted by Crippen LogP contribution is -2.33. The minimum atomic E-state index is -1.20. The third-order valence-corrected chi connectivity index (χ3v) is 2.32. The van der Waals surface area contributed by atoms with E-state index in [0.29, 0.717) is 5.56 Å². The van der Waals surface area contributed by atoms with Crippen LogP contribution < -0.4 is 5.32 Å². The summed E-state index contributed by atoms with van der Waals surface area (Å²) >= 11 is 5.87. The molecule has 0 fully saturated rings. The highest BCUT2D eigenvalue weighted by atomic mass is 35.5. The Labute approximate surface area is 104 Å². The second kappa shape index (κ2) is 5.92. The van der Waals surface area contributed by atoms with Crippen molar-refractivity contribution in [3.63, 3.8) is 0 Å². The van der Waals surface area contributed by atoms with Gasteiger partial charge >= 0.3 is 5.97 Å². The molecule has 1 aromatic carbocycles. The molecule has 4 nitrogen and oxygen atoms in total. The van der Waals surface area contributed by atoms with Gasteiger partial charge in [0.1, 0.15) is 0 Å². The molecular weight excluding hydrogens is 242 g/mol. The summed E-state index contributed by atoms with van der Waals surface area (Å²) in [4.78, 5) is 22.3. The van der Waals surface area contributed by atoms with E-state index in [4.69, 9.17) is 16.7 Å². The summed E-state index contributed by atoms with van der Waals surface area (Å²) in [7, 11) is 0. The number of halogens is 1. The highest BCUT2D eigenvalue weighted by Crippen LogP contribution is 2.22. The molecular formula is C12H10ClNO3. The fourth-order valence-corrected chi connectivity index (χ4v) is 1.51. The molecule has 2 N–H and O–H groups in total. The number of hydrogen-bond acceptors (Lipinski definition) is 2. The number of carbonyl (C=O) groups is 2. The van der Waals surface area contributed by atoms with Crippen LogP contribution in [0.4, 0.5) is 0 Å². The van der Waals surface area contributed by atoms with Gasteiger partial charge in [0.05, 0.1) is 0 Å². The predicted octanol–water partition coefficient (Wildman–Crippen LogP) is 1.61. The lowest BCUT2D eigenvalue weighted by Gasteiger charge is -2.14. The Balaban J connectivity index is 3.01. The average molecular weight is 252 g/mol. The maximum atomic E-state index is 11.3. The summed E-state index contributed by atoms with van der Waals surface area (Å²) in [5.74, 6) is 2.76. The summed E-state index contributed by atoms with van der Waals surface area (Å²) in [6.07, 6.45) is 0. The van der Waals surface area contributed by atoms with E-state index >= 15 is 0 Å². The van der Waals surface area contributed by atoms with E-state index < -0.39 is 17.9 Å². The molecule has 0 aliphatic rings. The van der Waals surface area contributed by atoms with Crippen LogP contribution in [0.2, 0.25) is 5.02 Å². The van der Waals surface area contributed by atoms with Crippen LogP contribution in [0.3, 0.4) is 0 Å². The molecule has 0 bridgehead atoms. The van der Waals surface area contributed by atoms with Crippen LogP contribution in [-0.4, -0.2) is 17.0 Å². The van der Waals surface area contributed by atoms with Crippen molar-refractivity contribution >= 4 is 23.5 Å². The molecule has 0 unspecified atom stereocenters. The van der Waals surface area contributed by atoms with Crippen molar-refractivity contribution in [2.45, 2.75) is 13.0 Å². The van der Waals surface area contributed by atoms with Gasteiger partial charge in [-0.1, -0.05) is 35.7 Å². The zero-order chi connectivity index (χ0) is 12.8. The predicted molar refractivity (Wildman–Crippen MR) is 63.4 cm³/mol. The van der Waals surface area contributed by atoms with Crippen LogP contribution in [0.1, 0.15) is 18.5 Å². The summed E-state index contributed by atoms with van der Waals surface area (Å²) in [5.41, 5.74) is 0.327. The number of amides is 1. The largest absolute Gasteiger partial charge is 0.479 e. The summed E-state index contributed by atoms with van der Waals surface area (Å²) < 4.78 is 0. The Hall–Kier alpha value is -1.99. The SMILES string of the molecule is CC#CC(=O)N[C@@H](C(=O)O)c1ccccc1Cl. The number of nitrogens with one attached hydrogen (secondary N) is 1. The van der Waals surface area contributed by atoms with Crippen molar-refractivity contribution in [3.05, 3.63) is 34.9 Å². The van der Waals surface area contributed by atoms with Gasteiger partial charge in [0, 0.05) is 10.6 Å². The van der Waals surface area contributed by atoms with Crippen LogP contribution in [0.5, 0.6) is 0 Å². The molecule has 1 rings (SSSR count). The Morgan fingerprint density at radius 2 is 2.06 bits per heavy atom. The third-order valence-electron chi connectivity index (χ3n) is 1.98. The minimum Gasteiger partial charge on any atom is -0.479 e. The second-order valence-electron chi connectivity index (χ2n) is 3.14. The number of rotatable bonds is 3. The van der Waals surface area contributed by atoms with Crippen molar-refractivity contribution in [2.24, 2.45) is 0 Å².